The molecule has 1 saturated heterocycles. The standard InChI is InChI=1S/C27H35N5O2/c1-18-7-8-19-16-20(23-9-12-28-25(30-23)31(5)6)17-24(22(19)15-18)29-21-10-13-32(14-11-21)26(33)34-27(2,3)4/h7-9,12,15-17,21,29H,10-11,13-14H2,1-6H3. The number of benzene rings is 2. The second-order valence-electron chi connectivity index (χ2n) is 10.3. The first kappa shape index (κ1) is 23.8. The summed E-state index contributed by atoms with van der Waals surface area (Å²) in [7, 11) is 3.89. The number of hydrogen-bond donors (Lipinski definition) is 1. The van der Waals surface area contributed by atoms with Crippen molar-refractivity contribution < 1.29 is 9.53 Å². The molecule has 1 N–H and O–H groups in total. The number of ether oxygens (including phenoxy) is 1. The highest BCUT2D eigenvalue weighted by Crippen LogP contribution is 2.33. The maximum Gasteiger partial charge on any atom is 0.410 e. The summed E-state index contributed by atoms with van der Waals surface area (Å²) in [6.07, 6.45) is 3.31. The van der Waals surface area contributed by atoms with E-state index < -0.39 is 5.60 Å². The van der Waals surface area contributed by atoms with Crippen LogP contribution < -0.4 is 10.2 Å². The monoisotopic (exact) mass is 461 g/mol. The van der Waals surface area contributed by atoms with Gasteiger partial charge in [0.2, 0.25) is 5.95 Å². The molecule has 1 amide bonds. The molecule has 180 valence electrons. The second kappa shape index (κ2) is 9.49. The minimum atomic E-state index is -0.475. The van der Waals surface area contributed by atoms with Gasteiger partial charge in [-0.3, -0.25) is 0 Å². The average molecular weight is 462 g/mol. The van der Waals surface area contributed by atoms with Crippen molar-refractivity contribution in [2.24, 2.45) is 0 Å². The van der Waals surface area contributed by atoms with Crippen LogP contribution in [0.4, 0.5) is 16.4 Å². The maximum absolute atomic E-state index is 12.4. The van der Waals surface area contributed by atoms with E-state index in [-0.39, 0.29) is 12.1 Å². The lowest BCUT2D eigenvalue weighted by molar-refractivity contribution is 0.0210. The summed E-state index contributed by atoms with van der Waals surface area (Å²) in [6, 6.07) is 13.1. The van der Waals surface area contributed by atoms with Crippen LogP contribution in [-0.4, -0.2) is 59.8 Å². The van der Waals surface area contributed by atoms with Crippen LogP contribution in [0.3, 0.4) is 0 Å². The highest BCUT2D eigenvalue weighted by atomic mass is 16.6. The van der Waals surface area contributed by atoms with Gasteiger partial charge >= 0.3 is 6.09 Å². The first-order valence-corrected chi connectivity index (χ1v) is 11.9. The van der Waals surface area contributed by atoms with Crippen molar-refractivity contribution in [1.29, 1.82) is 0 Å². The SMILES string of the molecule is Cc1ccc2cc(-c3ccnc(N(C)C)n3)cc(NC3CCN(C(=O)OC(C)(C)C)CC3)c2c1. The van der Waals surface area contributed by atoms with E-state index in [0.29, 0.717) is 19.0 Å². The number of aryl methyl sites for hydroxylation is 1. The zero-order valence-electron chi connectivity index (χ0n) is 21.1. The molecule has 34 heavy (non-hydrogen) atoms. The fraction of sp³-hybridized carbons (Fsp3) is 0.444. The van der Waals surface area contributed by atoms with Gasteiger partial charge in [0.25, 0.3) is 0 Å². The number of carbonyl (C=O) groups excluding carboxylic acids is 1. The normalized spacial score (nSPS) is 14.8. The molecule has 1 fully saturated rings. The van der Waals surface area contributed by atoms with Crippen molar-refractivity contribution in [1.82, 2.24) is 14.9 Å². The molecule has 0 unspecified atom stereocenters. The number of nitrogens with zero attached hydrogens (tertiary/aromatic N) is 4. The van der Waals surface area contributed by atoms with Gasteiger partial charge in [-0.1, -0.05) is 17.7 Å². The van der Waals surface area contributed by atoms with Gasteiger partial charge in [0.15, 0.2) is 0 Å². The summed E-state index contributed by atoms with van der Waals surface area (Å²) in [6.45, 7) is 9.18. The van der Waals surface area contributed by atoms with Crippen molar-refractivity contribution in [2.75, 3.05) is 37.4 Å². The third kappa shape index (κ3) is 5.58. The third-order valence-electron chi connectivity index (χ3n) is 5.95. The number of amides is 1. The predicted octanol–water partition coefficient (Wildman–Crippen LogP) is 5.48. The second-order valence-corrected chi connectivity index (χ2v) is 10.3. The van der Waals surface area contributed by atoms with Crippen LogP contribution in [-0.2, 0) is 4.74 Å². The molecule has 0 saturated carbocycles. The number of rotatable bonds is 4. The van der Waals surface area contributed by atoms with Gasteiger partial charge in [0.05, 0.1) is 5.69 Å². The lowest BCUT2D eigenvalue weighted by atomic mass is 9.99. The van der Waals surface area contributed by atoms with Crippen molar-refractivity contribution in [2.45, 2.75) is 52.2 Å². The summed E-state index contributed by atoms with van der Waals surface area (Å²) in [4.78, 5) is 25.3. The van der Waals surface area contributed by atoms with E-state index in [1.165, 1.54) is 16.3 Å². The van der Waals surface area contributed by atoms with Crippen LogP contribution >= 0.6 is 0 Å². The van der Waals surface area contributed by atoms with E-state index in [1.54, 1.807) is 6.20 Å². The zero-order chi connectivity index (χ0) is 24.5. The Morgan fingerprint density at radius 2 is 1.85 bits per heavy atom. The van der Waals surface area contributed by atoms with Crippen molar-refractivity contribution in [3.8, 4) is 11.3 Å². The molecule has 0 radical (unpaired) electrons. The van der Waals surface area contributed by atoms with Gasteiger partial charge in [0.1, 0.15) is 5.60 Å². The number of nitrogens with one attached hydrogen (secondary N) is 1. The van der Waals surface area contributed by atoms with Crippen molar-refractivity contribution in [3.63, 3.8) is 0 Å². The molecule has 0 spiro atoms. The smallest absolute Gasteiger partial charge is 0.410 e. The highest BCUT2D eigenvalue weighted by Gasteiger charge is 2.27. The van der Waals surface area contributed by atoms with E-state index in [9.17, 15) is 4.79 Å². The Kier molecular flexibility index (Phi) is 6.64. The minimum absolute atomic E-state index is 0.227. The Balaban J connectivity index is 1.58. The molecule has 1 aliphatic rings. The summed E-state index contributed by atoms with van der Waals surface area (Å²) in [5.41, 5.74) is 3.79. The number of likely N-dealkylation sites (tertiary alicyclic amines) is 1. The molecule has 2 aromatic carbocycles. The van der Waals surface area contributed by atoms with E-state index in [2.05, 4.69) is 47.6 Å². The molecular formula is C27H35N5O2. The fourth-order valence-corrected chi connectivity index (χ4v) is 4.22. The molecule has 1 aliphatic heterocycles. The van der Waals surface area contributed by atoms with Crippen LogP contribution in [0, 0.1) is 6.92 Å². The van der Waals surface area contributed by atoms with Gasteiger partial charge in [0, 0.05) is 56.1 Å². The molecule has 0 atom stereocenters. The van der Waals surface area contributed by atoms with Crippen molar-refractivity contribution >= 4 is 28.5 Å². The van der Waals surface area contributed by atoms with Crippen LogP contribution in [0.25, 0.3) is 22.0 Å². The van der Waals surface area contributed by atoms with Crippen LogP contribution in [0.5, 0.6) is 0 Å². The Morgan fingerprint density at radius 3 is 2.53 bits per heavy atom. The summed E-state index contributed by atoms with van der Waals surface area (Å²) in [5, 5.41) is 6.14. The fourth-order valence-electron chi connectivity index (χ4n) is 4.22. The van der Waals surface area contributed by atoms with Gasteiger partial charge in [-0.15, -0.1) is 0 Å². The number of carbonyl (C=O) groups is 1. The van der Waals surface area contributed by atoms with Gasteiger partial charge in [-0.2, -0.15) is 0 Å². The Hall–Kier alpha value is -3.35. The topological polar surface area (TPSA) is 70.6 Å². The van der Waals surface area contributed by atoms with E-state index in [1.807, 2.05) is 50.7 Å². The largest absolute Gasteiger partial charge is 0.444 e. The van der Waals surface area contributed by atoms with E-state index >= 15 is 0 Å². The Bertz CT molecular complexity index is 1180. The van der Waals surface area contributed by atoms with E-state index in [4.69, 9.17) is 9.72 Å². The zero-order valence-corrected chi connectivity index (χ0v) is 21.1. The highest BCUT2D eigenvalue weighted by molar-refractivity contribution is 5.98. The molecule has 0 bridgehead atoms. The van der Waals surface area contributed by atoms with Crippen LogP contribution in [0.15, 0.2) is 42.6 Å². The lowest BCUT2D eigenvalue weighted by Crippen LogP contribution is -2.44. The molecule has 7 nitrogen and oxygen atoms in total. The summed E-state index contributed by atoms with van der Waals surface area (Å²) in [5.74, 6) is 0.686. The molecular weight excluding hydrogens is 426 g/mol. The number of piperidine rings is 1. The Morgan fingerprint density at radius 1 is 1.12 bits per heavy atom. The first-order valence-electron chi connectivity index (χ1n) is 11.9. The molecule has 1 aromatic heterocycles. The molecule has 4 rings (SSSR count). The Labute approximate surface area is 202 Å². The van der Waals surface area contributed by atoms with Crippen LogP contribution in [0.2, 0.25) is 0 Å². The summed E-state index contributed by atoms with van der Waals surface area (Å²) >= 11 is 0. The van der Waals surface area contributed by atoms with Gasteiger partial charge < -0.3 is 19.9 Å². The quantitative estimate of drug-likeness (QED) is 0.555. The van der Waals surface area contributed by atoms with E-state index in [0.717, 1.165) is 29.8 Å². The lowest BCUT2D eigenvalue weighted by Gasteiger charge is -2.34. The molecule has 2 heterocycles. The van der Waals surface area contributed by atoms with Gasteiger partial charge in [-0.05, 0) is 70.2 Å². The number of aromatic nitrogens is 2. The number of fused-ring (bicyclic) bond motifs is 1. The maximum atomic E-state index is 12.4. The van der Waals surface area contributed by atoms with Crippen molar-refractivity contribution in [3.05, 3.63) is 48.2 Å². The number of hydrogen-bond acceptors (Lipinski definition) is 6. The molecule has 0 aliphatic carbocycles. The molecule has 3 aromatic rings. The van der Waals surface area contributed by atoms with Crippen LogP contribution in [0.1, 0.15) is 39.2 Å². The molecule has 7 heteroatoms. The minimum Gasteiger partial charge on any atom is -0.444 e. The summed E-state index contributed by atoms with van der Waals surface area (Å²) < 4.78 is 5.54. The average Bonchev–Trinajstić information content (AvgIpc) is 2.78. The van der Waals surface area contributed by atoms with Gasteiger partial charge in [-0.25, -0.2) is 14.8 Å². The third-order valence-corrected chi connectivity index (χ3v) is 5.95. The number of anilines is 2. The predicted molar refractivity (Wildman–Crippen MR) is 138 cm³/mol. The first-order chi connectivity index (χ1) is 16.1.